The van der Waals surface area contributed by atoms with Gasteiger partial charge in [0.25, 0.3) is 0 Å². The van der Waals surface area contributed by atoms with E-state index in [-0.39, 0.29) is 6.04 Å². The van der Waals surface area contributed by atoms with Gasteiger partial charge in [-0.1, -0.05) is 6.07 Å². The van der Waals surface area contributed by atoms with Gasteiger partial charge in [-0.3, -0.25) is 9.89 Å². The summed E-state index contributed by atoms with van der Waals surface area (Å²) in [4.78, 5) is 11.0. The van der Waals surface area contributed by atoms with Crippen LogP contribution in [0.25, 0.3) is 0 Å². The van der Waals surface area contributed by atoms with Crippen molar-refractivity contribution in [1.29, 1.82) is 0 Å². The molecule has 7 nitrogen and oxygen atoms in total. The molecular weight excluding hydrogens is 330 g/mol. The van der Waals surface area contributed by atoms with Crippen molar-refractivity contribution < 1.29 is 9.15 Å². The molecule has 0 amide bonds. The highest BCUT2D eigenvalue weighted by Crippen LogP contribution is 2.24. The van der Waals surface area contributed by atoms with Crippen molar-refractivity contribution in [3.05, 3.63) is 48.0 Å². The van der Waals surface area contributed by atoms with Crippen LogP contribution in [-0.2, 0) is 6.54 Å². The number of nitrogens with zero attached hydrogens (tertiary/aromatic N) is 3. The van der Waals surface area contributed by atoms with E-state index >= 15 is 0 Å². The third-order valence-electron chi connectivity index (χ3n) is 4.61. The molecule has 2 aromatic heterocycles. The number of hydrogen-bond acceptors (Lipinski definition) is 5. The number of nitrogens with one attached hydrogen (secondary N) is 2. The summed E-state index contributed by atoms with van der Waals surface area (Å²) in [6.07, 6.45) is 6.03. The molecule has 26 heavy (non-hydrogen) atoms. The lowest BCUT2D eigenvalue weighted by atomic mass is 10.2. The van der Waals surface area contributed by atoms with Gasteiger partial charge in [-0.25, -0.2) is 4.98 Å². The summed E-state index contributed by atoms with van der Waals surface area (Å²) in [5, 5.41) is 6.74. The number of likely N-dealkylation sites (tertiary alicyclic amines) is 1. The summed E-state index contributed by atoms with van der Waals surface area (Å²) in [6, 6.07) is 8.05. The lowest BCUT2D eigenvalue weighted by Gasteiger charge is -2.26. The van der Waals surface area contributed by atoms with Crippen LogP contribution >= 0.6 is 0 Å². The molecular formula is C19H27N5O2. The summed E-state index contributed by atoms with van der Waals surface area (Å²) < 4.78 is 10.7. The number of ether oxygens (including phenoxy) is 1. The van der Waals surface area contributed by atoms with Crippen molar-refractivity contribution in [2.45, 2.75) is 25.4 Å². The second kappa shape index (κ2) is 9.24. The van der Waals surface area contributed by atoms with Gasteiger partial charge >= 0.3 is 0 Å². The van der Waals surface area contributed by atoms with Crippen LogP contribution in [-0.4, -0.2) is 49.6 Å². The third kappa shape index (κ3) is 4.76. The zero-order chi connectivity index (χ0) is 18.2. The Morgan fingerprint density at radius 2 is 2.15 bits per heavy atom. The van der Waals surface area contributed by atoms with Gasteiger partial charge in [0.05, 0.1) is 19.4 Å². The third-order valence-corrected chi connectivity index (χ3v) is 4.61. The Morgan fingerprint density at radius 3 is 2.77 bits per heavy atom. The molecule has 140 valence electrons. The molecule has 1 atom stereocenters. The molecule has 1 saturated heterocycles. The van der Waals surface area contributed by atoms with Crippen molar-refractivity contribution in [2.24, 2.45) is 4.99 Å². The minimum atomic E-state index is 0.216. The summed E-state index contributed by atoms with van der Waals surface area (Å²) in [5.74, 6) is 2.37. The average Bonchev–Trinajstić information content (AvgIpc) is 3.39. The van der Waals surface area contributed by atoms with E-state index in [2.05, 4.69) is 25.5 Å². The highest BCUT2D eigenvalue weighted by molar-refractivity contribution is 5.79. The van der Waals surface area contributed by atoms with Crippen molar-refractivity contribution in [1.82, 2.24) is 20.5 Å². The minimum absolute atomic E-state index is 0.216. The molecule has 0 bridgehead atoms. The first-order chi connectivity index (χ1) is 12.8. The summed E-state index contributed by atoms with van der Waals surface area (Å²) in [6.45, 7) is 3.60. The maximum Gasteiger partial charge on any atom is 0.212 e. The summed E-state index contributed by atoms with van der Waals surface area (Å²) in [5.41, 5.74) is 1.07. The molecule has 2 N–H and O–H groups in total. The minimum Gasteiger partial charge on any atom is -0.481 e. The predicted molar refractivity (Wildman–Crippen MR) is 101 cm³/mol. The Hall–Kier alpha value is -2.54. The number of furan rings is 1. The fourth-order valence-corrected chi connectivity index (χ4v) is 3.18. The number of aliphatic imine (C=N–C) groups is 1. The number of pyridine rings is 1. The molecule has 2 aromatic rings. The van der Waals surface area contributed by atoms with Crippen molar-refractivity contribution in [2.75, 3.05) is 33.8 Å². The molecule has 0 spiro atoms. The second-order valence-electron chi connectivity index (χ2n) is 6.29. The van der Waals surface area contributed by atoms with Crippen LogP contribution < -0.4 is 15.4 Å². The van der Waals surface area contributed by atoms with E-state index in [9.17, 15) is 0 Å². The first-order valence-corrected chi connectivity index (χ1v) is 9.01. The van der Waals surface area contributed by atoms with Crippen LogP contribution in [0.5, 0.6) is 5.88 Å². The lowest BCUT2D eigenvalue weighted by molar-refractivity contribution is 0.215. The lowest BCUT2D eigenvalue weighted by Crippen LogP contribution is -2.42. The second-order valence-corrected chi connectivity index (χ2v) is 6.29. The van der Waals surface area contributed by atoms with Crippen LogP contribution in [0.15, 0.2) is 46.1 Å². The molecule has 0 saturated carbocycles. The van der Waals surface area contributed by atoms with Crippen LogP contribution in [0.2, 0.25) is 0 Å². The Kier molecular flexibility index (Phi) is 6.49. The van der Waals surface area contributed by atoms with Gasteiger partial charge in [0, 0.05) is 32.4 Å². The average molecular weight is 357 g/mol. The maximum absolute atomic E-state index is 5.66. The van der Waals surface area contributed by atoms with Crippen LogP contribution in [0.3, 0.4) is 0 Å². The molecule has 1 aliphatic rings. The molecule has 7 heteroatoms. The number of hydrogen-bond donors (Lipinski definition) is 2. The van der Waals surface area contributed by atoms with Gasteiger partial charge in [0.15, 0.2) is 5.96 Å². The number of rotatable bonds is 7. The standard InChI is InChI=1S/C19H27N5O2/c1-20-19(22-13-15-7-8-18(25-2)21-12-15)23-14-16(17-6-5-11-26-17)24-9-3-4-10-24/h5-8,11-12,16H,3-4,9-10,13-14H2,1-2H3,(H2,20,22,23). The zero-order valence-electron chi connectivity index (χ0n) is 15.4. The highest BCUT2D eigenvalue weighted by atomic mass is 16.5. The molecule has 1 aliphatic heterocycles. The van der Waals surface area contributed by atoms with Crippen LogP contribution in [0, 0.1) is 0 Å². The maximum atomic E-state index is 5.66. The number of guanidine groups is 1. The Balaban J connectivity index is 1.54. The van der Waals surface area contributed by atoms with Gasteiger partial charge in [-0.15, -0.1) is 0 Å². The monoisotopic (exact) mass is 357 g/mol. The van der Waals surface area contributed by atoms with Gasteiger partial charge in [-0.2, -0.15) is 0 Å². The molecule has 1 unspecified atom stereocenters. The van der Waals surface area contributed by atoms with Crippen molar-refractivity contribution >= 4 is 5.96 Å². The Morgan fingerprint density at radius 1 is 1.31 bits per heavy atom. The fourth-order valence-electron chi connectivity index (χ4n) is 3.18. The molecule has 0 aromatic carbocycles. The van der Waals surface area contributed by atoms with Gasteiger partial charge in [-0.05, 0) is 43.6 Å². The first-order valence-electron chi connectivity index (χ1n) is 9.01. The predicted octanol–water partition coefficient (Wildman–Crippen LogP) is 2.19. The molecule has 3 rings (SSSR count). The van der Waals surface area contributed by atoms with E-state index in [1.165, 1.54) is 12.8 Å². The quantitative estimate of drug-likeness (QED) is 0.584. The van der Waals surface area contributed by atoms with Crippen molar-refractivity contribution in [3.63, 3.8) is 0 Å². The van der Waals surface area contributed by atoms with Crippen LogP contribution in [0.1, 0.15) is 30.2 Å². The molecule has 0 aliphatic carbocycles. The van der Waals surface area contributed by atoms with E-state index < -0.39 is 0 Å². The normalized spacial score (nSPS) is 16.5. The van der Waals surface area contributed by atoms with E-state index in [1.807, 2.05) is 24.3 Å². The van der Waals surface area contributed by atoms with Gasteiger partial charge in [0.2, 0.25) is 5.88 Å². The van der Waals surface area contributed by atoms with Gasteiger partial charge < -0.3 is 19.8 Å². The summed E-state index contributed by atoms with van der Waals surface area (Å²) >= 11 is 0. The fraction of sp³-hybridized carbons (Fsp3) is 0.474. The largest absolute Gasteiger partial charge is 0.481 e. The zero-order valence-corrected chi connectivity index (χ0v) is 15.4. The number of methoxy groups -OCH3 is 1. The Bertz CT molecular complexity index is 678. The highest BCUT2D eigenvalue weighted by Gasteiger charge is 2.25. The first kappa shape index (κ1) is 18.3. The van der Waals surface area contributed by atoms with Gasteiger partial charge in [0.1, 0.15) is 5.76 Å². The molecule has 3 heterocycles. The van der Waals surface area contributed by atoms with E-state index in [4.69, 9.17) is 9.15 Å². The molecule has 0 radical (unpaired) electrons. The topological polar surface area (TPSA) is 74.9 Å². The van der Waals surface area contributed by atoms with Crippen LogP contribution in [0.4, 0.5) is 0 Å². The number of aromatic nitrogens is 1. The molecule has 1 fully saturated rings. The van der Waals surface area contributed by atoms with Crippen molar-refractivity contribution in [3.8, 4) is 5.88 Å². The SMILES string of the molecule is CN=C(NCc1ccc(OC)nc1)NCC(c1ccco1)N1CCCC1. The smallest absolute Gasteiger partial charge is 0.212 e. The van der Waals surface area contributed by atoms with E-state index in [1.54, 1.807) is 26.6 Å². The van der Waals surface area contributed by atoms with E-state index in [0.717, 1.165) is 36.9 Å². The Labute approximate surface area is 154 Å². The summed E-state index contributed by atoms with van der Waals surface area (Å²) in [7, 11) is 3.39. The van der Waals surface area contributed by atoms with E-state index in [0.29, 0.717) is 12.4 Å².